The standard InChI is InChI=1S/C20H20FN3OS/c1-13-4-7-17(14(2)10-13)11-22-23-20-24(19(25)15(3)26-20)12-16-5-8-18(21)9-6-16/h4-11,15H,12H2,1-3H3/b22-11-,23-20+/t15-/m1/s1. The van der Waals surface area contributed by atoms with E-state index in [1.807, 2.05) is 32.9 Å². The largest absolute Gasteiger partial charge is 0.284 e. The smallest absolute Gasteiger partial charge is 0.242 e. The fourth-order valence-electron chi connectivity index (χ4n) is 2.69. The summed E-state index contributed by atoms with van der Waals surface area (Å²) in [6, 6.07) is 12.2. The molecule has 1 aliphatic heterocycles. The number of amidine groups is 1. The molecule has 0 spiro atoms. The van der Waals surface area contributed by atoms with E-state index in [1.165, 1.54) is 29.5 Å². The number of rotatable bonds is 4. The molecule has 1 fully saturated rings. The van der Waals surface area contributed by atoms with Gasteiger partial charge in [-0.2, -0.15) is 5.10 Å². The van der Waals surface area contributed by atoms with Crippen molar-refractivity contribution in [3.05, 3.63) is 70.5 Å². The Balaban J connectivity index is 1.79. The van der Waals surface area contributed by atoms with Crippen LogP contribution in [0.15, 0.2) is 52.7 Å². The molecule has 0 aliphatic carbocycles. The van der Waals surface area contributed by atoms with Crippen molar-refractivity contribution in [2.24, 2.45) is 10.2 Å². The Kier molecular flexibility index (Phi) is 5.52. The van der Waals surface area contributed by atoms with E-state index in [0.717, 1.165) is 16.7 Å². The molecule has 0 N–H and O–H groups in total. The van der Waals surface area contributed by atoms with Crippen LogP contribution in [0.4, 0.5) is 4.39 Å². The third kappa shape index (κ3) is 4.19. The van der Waals surface area contributed by atoms with Gasteiger partial charge in [0.25, 0.3) is 0 Å². The summed E-state index contributed by atoms with van der Waals surface area (Å²) < 4.78 is 13.1. The lowest BCUT2D eigenvalue weighted by atomic mass is 10.1. The van der Waals surface area contributed by atoms with Crippen LogP contribution in [0, 0.1) is 19.7 Å². The van der Waals surface area contributed by atoms with Crippen molar-refractivity contribution in [2.45, 2.75) is 32.6 Å². The van der Waals surface area contributed by atoms with E-state index < -0.39 is 0 Å². The van der Waals surface area contributed by atoms with Crippen LogP contribution in [-0.4, -0.2) is 27.4 Å². The zero-order valence-electron chi connectivity index (χ0n) is 14.9. The number of halogens is 1. The maximum absolute atomic E-state index is 13.1. The molecule has 0 saturated carbocycles. The van der Waals surface area contributed by atoms with Crippen LogP contribution in [0.25, 0.3) is 0 Å². The summed E-state index contributed by atoms with van der Waals surface area (Å²) in [6.07, 6.45) is 1.70. The summed E-state index contributed by atoms with van der Waals surface area (Å²) in [4.78, 5) is 14.0. The lowest BCUT2D eigenvalue weighted by Crippen LogP contribution is -2.30. The van der Waals surface area contributed by atoms with Crippen LogP contribution in [0.5, 0.6) is 0 Å². The molecule has 1 amide bonds. The van der Waals surface area contributed by atoms with Crippen LogP contribution in [0.1, 0.15) is 29.2 Å². The van der Waals surface area contributed by atoms with Crippen molar-refractivity contribution < 1.29 is 9.18 Å². The Labute approximate surface area is 156 Å². The van der Waals surface area contributed by atoms with E-state index in [4.69, 9.17) is 0 Å². The van der Waals surface area contributed by atoms with Gasteiger partial charge in [0, 0.05) is 0 Å². The molecule has 0 bridgehead atoms. The van der Waals surface area contributed by atoms with Crippen molar-refractivity contribution in [1.82, 2.24) is 4.90 Å². The number of thioether (sulfide) groups is 1. The lowest BCUT2D eigenvalue weighted by Gasteiger charge is -2.15. The van der Waals surface area contributed by atoms with Gasteiger partial charge >= 0.3 is 0 Å². The molecular formula is C20H20FN3OS. The van der Waals surface area contributed by atoms with Crippen LogP contribution < -0.4 is 0 Å². The number of hydrogen-bond acceptors (Lipinski definition) is 4. The molecule has 0 radical (unpaired) electrons. The van der Waals surface area contributed by atoms with Crippen molar-refractivity contribution >= 4 is 29.1 Å². The quantitative estimate of drug-likeness (QED) is 0.596. The van der Waals surface area contributed by atoms with Crippen LogP contribution in [0.2, 0.25) is 0 Å². The SMILES string of the molecule is Cc1ccc(/C=N\N=C2\S[C@H](C)C(=O)N2Cc2ccc(F)cc2)c(C)c1. The Bertz CT molecular complexity index is 877. The Hall–Kier alpha value is -2.47. The van der Waals surface area contributed by atoms with Gasteiger partial charge in [0.2, 0.25) is 5.91 Å². The average molecular weight is 369 g/mol. The summed E-state index contributed by atoms with van der Waals surface area (Å²) in [5.41, 5.74) is 4.16. The molecule has 2 aromatic rings. The lowest BCUT2D eigenvalue weighted by molar-refractivity contribution is -0.126. The van der Waals surface area contributed by atoms with Gasteiger partial charge in [-0.1, -0.05) is 47.7 Å². The monoisotopic (exact) mass is 369 g/mol. The summed E-state index contributed by atoms with van der Waals surface area (Å²) in [5, 5.41) is 8.79. The topological polar surface area (TPSA) is 45.0 Å². The highest BCUT2D eigenvalue weighted by Crippen LogP contribution is 2.28. The first kappa shape index (κ1) is 18.3. The second kappa shape index (κ2) is 7.83. The summed E-state index contributed by atoms with van der Waals surface area (Å²) >= 11 is 1.38. The van der Waals surface area contributed by atoms with E-state index >= 15 is 0 Å². The molecule has 1 heterocycles. The van der Waals surface area contributed by atoms with Crippen LogP contribution >= 0.6 is 11.8 Å². The van der Waals surface area contributed by atoms with E-state index in [0.29, 0.717) is 11.7 Å². The van der Waals surface area contributed by atoms with Crippen LogP contribution in [-0.2, 0) is 11.3 Å². The summed E-state index contributed by atoms with van der Waals surface area (Å²) in [7, 11) is 0. The predicted octanol–water partition coefficient (Wildman–Crippen LogP) is 4.30. The Morgan fingerprint density at radius 2 is 1.92 bits per heavy atom. The number of hydrogen-bond donors (Lipinski definition) is 0. The van der Waals surface area contributed by atoms with Crippen LogP contribution in [0.3, 0.4) is 0 Å². The first-order valence-corrected chi connectivity index (χ1v) is 9.23. The molecule has 1 saturated heterocycles. The van der Waals surface area contributed by atoms with Gasteiger partial charge < -0.3 is 0 Å². The van der Waals surface area contributed by atoms with Crippen molar-refractivity contribution in [3.8, 4) is 0 Å². The first-order valence-electron chi connectivity index (χ1n) is 8.35. The molecule has 0 aromatic heterocycles. The van der Waals surface area contributed by atoms with Gasteiger partial charge in [0.05, 0.1) is 18.0 Å². The van der Waals surface area contributed by atoms with Gasteiger partial charge in [-0.3, -0.25) is 9.69 Å². The fourth-order valence-corrected chi connectivity index (χ4v) is 3.61. The first-order chi connectivity index (χ1) is 12.4. The second-order valence-electron chi connectivity index (χ2n) is 6.30. The second-order valence-corrected chi connectivity index (χ2v) is 7.61. The number of aryl methyl sites for hydroxylation is 2. The number of amides is 1. The normalized spacial score (nSPS) is 19.1. The van der Waals surface area contributed by atoms with E-state index in [-0.39, 0.29) is 17.0 Å². The molecule has 134 valence electrons. The van der Waals surface area contributed by atoms with Crippen molar-refractivity contribution in [3.63, 3.8) is 0 Å². The molecular weight excluding hydrogens is 349 g/mol. The number of nitrogens with zero attached hydrogens (tertiary/aromatic N) is 3. The van der Waals surface area contributed by atoms with Crippen molar-refractivity contribution in [1.29, 1.82) is 0 Å². The van der Waals surface area contributed by atoms with Gasteiger partial charge in [-0.05, 0) is 49.6 Å². The maximum atomic E-state index is 13.1. The third-order valence-corrected chi connectivity index (χ3v) is 5.21. The summed E-state index contributed by atoms with van der Waals surface area (Å²) in [6.45, 7) is 6.28. The third-order valence-electron chi connectivity index (χ3n) is 4.15. The molecule has 3 rings (SSSR count). The molecule has 4 nitrogen and oxygen atoms in total. The predicted molar refractivity (Wildman–Crippen MR) is 105 cm³/mol. The highest BCUT2D eigenvalue weighted by Gasteiger charge is 2.35. The molecule has 0 unspecified atom stereocenters. The Morgan fingerprint density at radius 1 is 1.19 bits per heavy atom. The molecule has 6 heteroatoms. The highest BCUT2D eigenvalue weighted by atomic mass is 32.2. The minimum Gasteiger partial charge on any atom is -0.284 e. The minimum absolute atomic E-state index is 0.0141. The molecule has 26 heavy (non-hydrogen) atoms. The molecule has 1 atom stereocenters. The summed E-state index contributed by atoms with van der Waals surface area (Å²) in [5.74, 6) is -0.309. The zero-order chi connectivity index (χ0) is 18.7. The van der Waals surface area contributed by atoms with Gasteiger partial charge in [-0.15, -0.1) is 5.10 Å². The zero-order valence-corrected chi connectivity index (χ0v) is 15.8. The van der Waals surface area contributed by atoms with Crippen molar-refractivity contribution in [2.75, 3.05) is 0 Å². The van der Waals surface area contributed by atoms with E-state index in [2.05, 4.69) is 16.3 Å². The highest BCUT2D eigenvalue weighted by molar-refractivity contribution is 8.15. The minimum atomic E-state index is -0.295. The molecule has 2 aromatic carbocycles. The Morgan fingerprint density at radius 3 is 2.62 bits per heavy atom. The van der Waals surface area contributed by atoms with Gasteiger partial charge in [0.1, 0.15) is 5.82 Å². The average Bonchev–Trinajstić information content (AvgIpc) is 2.86. The number of benzene rings is 2. The number of carbonyl (C=O) groups is 1. The van der Waals surface area contributed by atoms with Gasteiger partial charge in [0.15, 0.2) is 5.17 Å². The fraction of sp³-hybridized carbons (Fsp3) is 0.250. The van der Waals surface area contributed by atoms with E-state index in [1.54, 1.807) is 23.2 Å². The number of carbonyl (C=O) groups excluding carboxylic acids is 1. The van der Waals surface area contributed by atoms with Gasteiger partial charge in [-0.25, -0.2) is 4.39 Å². The van der Waals surface area contributed by atoms with E-state index in [9.17, 15) is 9.18 Å². The molecule has 1 aliphatic rings. The maximum Gasteiger partial charge on any atom is 0.242 e.